The van der Waals surface area contributed by atoms with Gasteiger partial charge >= 0.3 is 12.1 Å². The second kappa shape index (κ2) is 11.5. The lowest BCUT2D eigenvalue weighted by atomic mass is 9.68. The van der Waals surface area contributed by atoms with E-state index in [9.17, 15) is 18.0 Å². The lowest BCUT2D eigenvalue weighted by Gasteiger charge is -2.50. The van der Waals surface area contributed by atoms with Crippen molar-refractivity contribution in [3.8, 4) is 0 Å². The van der Waals surface area contributed by atoms with Crippen LogP contribution in [0.15, 0.2) is 18.3 Å². The highest BCUT2D eigenvalue weighted by Gasteiger charge is 2.56. The van der Waals surface area contributed by atoms with Crippen molar-refractivity contribution in [2.45, 2.75) is 115 Å². The SMILES string of the molecule is CC(=O)OC1c2nc(C(C)C)c3c(c2C(OS(C)(C)C(C)(C)C)CC1(C)C)C1(CCOCC1)OC3c1ccc(C(F)(F)F)nc1. The number of carbonyl (C=O) groups is 1. The van der Waals surface area contributed by atoms with E-state index < -0.39 is 51.4 Å². The summed E-state index contributed by atoms with van der Waals surface area (Å²) in [5.74, 6) is -0.454. The van der Waals surface area contributed by atoms with Gasteiger partial charge in [-0.15, -0.1) is 10.3 Å². The largest absolute Gasteiger partial charge is 0.455 e. The molecule has 5 rings (SSSR count). The topological polar surface area (TPSA) is 79.8 Å². The van der Waals surface area contributed by atoms with Crippen molar-refractivity contribution in [3.63, 3.8) is 0 Å². The van der Waals surface area contributed by atoms with Gasteiger partial charge in [0.1, 0.15) is 17.9 Å². The van der Waals surface area contributed by atoms with Crippen LogP contribution in [-0.4, -0.2) is 46.4 Å². The zero-order valence-electron chi connectivity index (χ0n) is 28.1. The molecule has 2 aliphatic heterocycles. The average molecular weight is 653 g/mol. The Hall–Kier alpha value is -2.21. The summed E-state index contributed by atoms with van der Waals surface area (Å²) in [5.41, 5.74) is 2.44. The number of rotatable bonds is 5. The summed E-state index contributed by atoms with van der Waals surface area (Å²) in [6.45, 7) is 17.1. The molecule has 1 fully saturated rings. The van der Waals surface area contributed by atoms with Crippen LogP contribution in [0.2, 0.25) is 0 Å². The van der Waals surface area contributed by atoms with Gasteiger partial charge < -0.3 is 18.4 Å². The molecule has 1 spiro atoms. The van der Waals surface area contributed by atoms with Gasteiger partial charge in [-0.1, -0.05) is 54.5 Å². The van der Waals surface area contributed by atoms with Crippen LogP contribution in [-0.2, 0) is 35.0 Å². The van der Waals surface area contributed by atoms with E-state index in [4.69, 9.17) is 23.4 Å². The Morgan fingerprint density at radius 2 is 1.73 bits per heavy atom. The number of fused-ring (bicyclic) bond motifs is 4. The summed E-state index contributed by atoms with van der Waals surface area (Å²) in [4.78, 5) is 21.6. The molecule has 2 aromatic heterocycles. The van der Waals surface area contributed by atoms with Crippen molar-refractivity contribution >= 4 is 16.3 Å². The van der Waals surface area contributed by atoms with Gasteiger partial charge in [0.15, 0.2) is 0 Å². The first-order valence-electron chi connectivity index (χ1n) is 15.6. The molecule has 45 heavy (non-hydrogen) atoms. The zero-order valence-corrected chi connectivity index (χ0v) is 28.9. The summed E-state index contributed by atoms with van der Waals surface area (Å²) in [6, 6.07) is 2.46. The molecule has 7 nitrogen and oxygen atoms in total. The minimum atomic E-state index is -4.55. The molecule has 4 heterocycles. The number of pyridine rings is 2. The third-order valence-corrected chi connectivity index (χ3v) is 13.4. The van der Waals surface area contributed by atoms with Gasteiger partial charge in [-0.3, -0.25) is 14.8 Å². The molecule has 250 valence electrons. The Labute approximate surface area is 266 Å². The van der Waals surface area contributed by atoms with Crippen molar-refractivity contribution in [1.82, 2.24) is 9.97 Å². The maximum Gasteiger partial charge on any atom is 0.433 e. The van der Waals surface area contributed by atoms with Crippen molar-refractivity contribution in [2.75, 3.05) is 25.7 Å². The molecule has 0 saturated carbocycles. The van der Waals surface area contributed by atoms with Crippen LogP contribution in [0.25, 0.3) is 0 Å². The highest BCUT2D eigenvalue weighted by molar-refractivity contribution is 8.29. The number of ether oxygens (including phenoxy) is 3. The van der Waals surface area contributed by atoms with Gasteiger partial charge in [0.05, 0.1) is 17.4 Å². The number of alkyl halides is 3. The highest BCUT2D eigenvalue weighted by Crippen LogP contribution is 2.64. The Bertz CT molecular complexity index is 1440. The van der Waals surface area contributed by atoms with Crippen LogP contribution < -0.4 is 0 Å². The van der Waals surface area contributed by atoms with Gasteiger partial charge in [-0.05, 0) is 36.5 Å². The maximum atomic E-state index is 13.5. The van der Waals surface area contributed by atoms with Crippen molar-refractivity contribution in [1.29, 1.82) is 0 Å². The number of nitrogens with zero attached hydrogens (tertiary/aromatic N) is 2. The van der Waals surface area contributed by atoms with Crippen LogP contribution in [0.4, 0.5) is 13.2 Å². The molecule has 0 aromatic carbocycles. The summed E-state index contributed by atoms with van der Waals surface area (Å²) in [6.07, 6.45) is 1.08. The minimum absolute atomic E-state index is 0.0634. The first-order chi connectivity index (χ1) is 20.7. The molecule has 1 saturated heterocycles. The number of hydrogen-bond donors (Lipinski definition) is 0. The van der Waals surface area contributed by atoms with Gasteiger partial charge in [0.2, 0.25) is 0 Å². The van der Waals surface area contributed by atoms with E-state index in [1.54, 1.807) is 0 Å². The van der Waals surface area contributed by atoms with E-state index in [1.165, 1.54) is 19.2 Å². The molecule has 3 aliphatic rings. The summed E-state index contributed by atoms with van der Waals surface area (Å²) in [5, 5.41) is 0. The van der Waals surface area contributed by atoms with E-state index in [1.807, 2.05) is 13.8 Å². The summed E-state index contributed by atoms with van der Waals surface area (Å²) >= 11 is 0. The third-order valence-electron chi connectivity index (χ3n) is 9.73. The zero-order chi connectivity index (χ0) is 33.3. The molecule has 0 amide bonds. The van der Waals surface area contributed by atoms with E-state index in [2.05, 4.69) is 52.1 Å². The molecule has 1 aliphatic carbocycles. The molecule has 0 bridgehead atoms. The molecule has 2 aromatic rings. The van der Waals surface area contributed by atoms with E-state index >= 15 is 0 Å². The van der Waals surface area contributed by atoms with Crippen LogP contribution in [0.5, 0.6) is 0 Å². The summed E-state index contributed by atoms with van der Waals surface area (Å²) in [7, 11) is -1.62. The molecule has 3 atom stereocenters. The van der Waals surface area contributed by atoms with Crippen molar-refractivity contribution in [2.24, 2.45) is 5.41 Å². The molecule has 0 radical (unpaired) electrons. The normalized spacial score (nSPS) is 24.8. The number of carbonyl (C=O) groups excluding carboxylic acids is 1. The number of aromatic nitrogens is 2. The van der Waals surface area contributed by atoms with E-state index in [0.717, 1.165) is 28.5 Å². The van der Waals surface area contributed by atoms with Crippen LogP contribution >= 0.6 is 10.3 Å². The lowest BCUT2D eigenvalue weighted by Crippen LogP contribution is -2.40. The van der Waals surface area contributed by atoms with Crippen LogP contribution in [0, 0.1) is 5.41 Å². The molecular weight excluding hydrogens is 605 g/mol. The number of hydrogen-bond acceptors (Lipinski definition) is 7. The first-order valence-corrected chi connectivity index (χ1v) is 18.0. The van der Waals surface area contributed by atoms with Gasteiger partial charge in [-0.25, -0.2) is 0 Å². The Kier molecular flexibility index (Phi) is 8.72. The maximum absolute atomic E-state index is 13.5. The third kappa shape index (κ3) is 6.14. The van der Waals surface area contributed by atoms with Crippen molar-refractivity contribution < 1.29 is 36.4 Å². The van der Waals surface area contributed by atoms with Crippen LogP contribution in [0.1, 0.15) is 138 Å². The standard InChI is InChI=1S/C34H47F3N2O5S/c1-19(2)27-25-26(33(13-15-41-16-14-33)43-29(25)21-11-12-23(38-18-21)34(35,36)37)24-22(44-45(9,10)31(4,5)6)17-32(7,8)30(28(24)39-27)42-20(3)40/h11-12,18-19,22,29-30H,13-17H2,1-10H3. The van der Waals surface area contributed by atoms with Crippen LogP contribution in [0.3, 0.4) is 0 Å². The number of esters is 1. The predicted octanol–water partition coefficient (Wildman–Crippen LogP) is 8.61. The molecular formula is C34H47F3N2O5S. The Balaban J connectivity index is 1.83. The van der Waals surface area contributed by atoms with E-state index in [-0.39, 0.29) is 16.8 Å². The molecule has 3 unspecified atom stereocenters. The smallest absolute Gasteiger partial charge is 0.433 e. The molecule has 0 N–H and O–H groups in total. The monoisotopic (exact) mass is 652 g/mol. The minimum Gasteiger partial charge on any atom is -0.455 e. The Morgan fingerprint density at radius 1 is 1.09 bits per heavy atom. The quantitative estimate of drug-likeness (QED) is 0.299. The van der Waals surface area contributed by atoms with Gasteiger partial charge in [0, 0.05) is 71.7 Å². The fourth-order valence-corrected chi connectivity index (χ4v) is 7.74. The number of halogens is 3. The molecule has 11 heteroatoms. The van der Waals surface area contributed by atoms with E-state index in [0.29, 0.717) is 43.7 Å². The second-order valence-electron chi connectivity index (χ2n) is 14.9. The summed E-state index contributed by atoms with van der Waals surface area (Å²) < 4.78 is 66.4. The van der Waals surface area contributed by atoms with Gasteiger partial charge in [-0.2, -0.15) is 13.2 Å². The Morgan fingerprint density at radius 3 is 2.24 bits per heavy atom. The fourth-order valence-electron chi connectivity index (χ4n) is 6.70. The highest BCUT2D eigenvalue weighted by atomic mass is 32.3. The average Bonchev–Trinajstić information content (AvgIpc) is 3.23. The fraction of sp³-hybridized carbons (Fsp3) is 0.676. The van der Waals surface area contributed by atoms with Gasteiger partial charge in [0.25, 0.3) is 0 Å². The second-order valence-corrected chi connectivity index (χ2v) is 18.8. The predicted molar refractivity (Wildman–Crippen MR) is 168 cm³/mol. The lowest BCUT2D eigenvalue weighted by molar-refractivity contribution is -0.156. The van der Waals surface area contributed by atoms with Crippen molar-refractivity contribution in [3.05, 3.63) is 57.7 Å². The first kappa shape index (κ1) is 34.1.